The number of methoxy groups -OCH3 is 1. The van der Waals surface area contributed by atoms with Gasteiger partial charge in [-0.2, -0.15) is 15.2 Å². The summed E-state index contributed by atoms with van der Waals surface area (Å²) >= 11 is 0. The Hall–Kier alpha value is -2.89. The van der Waals surface area contributed by atoms with Crippen molar-refractivity contribution in [1.29, 1.82) is 5.26 Å². The van der Waals surface area contributed by atoms with Gasteiger partial charge in [-0.15, -0.1) is 0 Å². The molecule has 8 nitrogen and oxygen atoms in total. The third kappa shape index (κ3) is 5.57. The number of nitrogens with zero attached hydrogens (tertiary/aromatic N) is 6. The van der Waals surface area contributed by atoms with Crippen LogP contribution in [0.5, 0.6) is 6.01 Å². The molecule has 1 aromatic carbocycles. The largest absolute Gasteiger partial charge is 0.467 e. The van der Waals surface area contributed by atoms with Crippen molar-refractivity contribution in [2.24, 2.45) is 0 Å². The Morgan fingerprint density at radius 2 is 1.79 bits per heavy atom. The Kier molecular flexibility index (Phi) is 7.90. The molecule has 39 heavy (non-hydrogen) atoms. The molecule has 3 atom stereocenters. The average molecular weight is 530 g/mol. The van der Waals surface area contributed by atoms with E-state index in [0.29, 0.717) is 30.4 Å². The Labute approximate surface area is 233 Å². The highest BCUT2D eigenvalue weighted by molar-refractivity contribution is 5.62. The maximum Gasteiger partial charge on any atom is 0.318 e. The van der Waals surface area contributed by atoms with E-state index in [2.05, 4.69) is 51.3 Å². The molecule has 5 aliphatic rings. The summed E-state index contributed by atoms with van der Waals surface area (Å²) in [6, 6.07) is 10.7. The number of anilines is 2. The molecule has 7 rings (SSSR count). The number of piperazine rings is 1. The smallest absolute Gasteiger partial charge is 0.318 e. The predicted octanol–water partition coefficient (Wildman–Crippen LogP) is 4.03. The van der Waals surface area contributed by atoms with Crippen molar-refractivity contribution in [2.75, 3.05) is 56.7 Å². The summed E-state index contributed by atoms with van der Waals surface area (Å²) in [6.45, 7) is 6.37. The molecule has 1 aromatic heterocycles. The molecule has 8 heteroatoms. The van der Waals surface area contributed by atoms with E-state index in [1.165, 1.54) is 67.6 Å². The molecule has 1 N–H and O–H groups in total. The van der Waals surface area contributed by atoms with Gasteiger partial charge in [-0.1, -0.05) is 12.1 Å². The lowest BCUT2D eigenvalue weighted by molar-refractivity contribution is 0.374. The van der Waals surface area contributed by atoms with Gasteiger partial charge in [-0.3, -0.25) is 0 Å². The minimum Gasteiger partial charge on any atom is -0.467 e. The second-order valence-electron chi connectivity index (χ2n) is 12.0. The third-order valence-corrected chi connectivity index (χ3v) is 9.31. The predicted molar refractivity (Wildman–Crippen MR) is 155 cm³/mol. The molecule has 0 radical (unpaired) electrons. The Morgan fingerprint density at radius 3 is 2.49 bits per heavy atom. The van der Waals surface area contributed by atoms with E-state index >= 15 is 0 Å². The second-order valence-corrected chi connectivity index (χ2v) is 12.0. The Bertz CT molecular complexity index is 1190. The minimum atomic E-state index is 0.336. The molecule has 1 aliphatic carbocycles. The number of ether oxygens (including phenoxy) is 1. The van der Waals surface area contributed by atoms with Crippen LogP contribution in [0.3, 0.4) is 0 Å². The molecule has 3 unspecified atom stereocenters. The first-order valence-electron chi connectivity index (χ1n) is 15.0. The van der Waals surface area contributed by atoms with Gasteiger partial charge in [0.15, 0.2) is 0 Å². The van der Waals surface area contributed by atoms with Gasteiger partial charge >= 0.3 is 6.01 Å². The number of aryl methyl sites for hydroxylation is 1. The third-order valence-electron chi connectivity index (χ3n) is 9.31. The first-order valence-corrected chi connectivity index (χ1v) is 15.0. The normalized spacial score (nSPS) is 25.8. The van der Waals surface area contributed by atoms with Crippen LogP contribution in [0.25, 0.3) is 0 Å². The topological polar surface area (TPSA) is 80.6 Å². The number of nitrogens with one attached hydrogen (secondary N) is 1. The summed E-state index contributed by atoms with van der Waals surface area (Å²) in [5.41, 5.74) is 6.47. The fraction of sp³-hybridized carbons (Fsp3) is 0.645. The van der Waals surface area contributed by atoms with Gasteiger partial charge in [0.25, 0.3) is 0 Å². The highest BCUT2D eigenvalue weighted by Crippen LogP contribution is 2.42. The van der Waals surface area contributed by atoms with Gasteiger partial charge in [0, 0.05) is 49.4 Å². The summed E-state index contributed by atoms with van der Waals surface area (Å²) in [4.78, 5) is 16.9. The molecule has 2 bridgehead atoms. The number of rotatable bonds is 4. The lowest BCUT2D eigenvalue weighted by Gasteiger charge is -2.38. The van der Waals surface area contributed by atoms with Crippen LogP contribution in [0.1, 0.15) is 73.2 Å². The Balaban J connectivity index is 0.000000410. The standard InChI is InChI=1S/C26H32N6O.C5H11N/c1-33-26-29-22-16-31(23-7-3-6-17-4-2-5-18(10-12-27)24(17)23)13-11-21(22)25(30-26)32-14-19-8-9-20(15-32)28-19;1-6-4-2-3-5-6/h3,6-7,18-20,28H,2,4-5,8-11,13-16H2,1H3;2-5H2,1H3. The maximum atomic E-state index is 9.43. The summed E-state index contributed by atoms with van der Waals surface area (Å²) in [5.74, 6) is 1.41. The van der Waals surface area contributed by atoms with Gasteiger partial charge in [0.1, 0.15) is 5.82 Å². The van der Waals surface area contributed by atoms with E-state index in [4.69, 9.17) is 14.7 Å². The molecule has 208 valence electrons. The first kappa shape index (κ1) is 26.3. The molecular weight excluding hydrogens is 486 g/mol. The molecule has 5 heterocycles. The number of benzene rings is 1. The molecule has 4 aliphatic heterocycles. The molecular formula is C31H43N7O. The van der Waals surface area contributed by atoms with Crippen molar-refractivity contribution in [3.63, 3.8) is 0 Å². The fourth-order valence-electron chi connectivity index (χ4n) is 7.35. The van der Waals surface area contributed by atoms with Crippen molar-refractivity contribution >= 4 is 11.5 Å². The van der Waals surface area contributed by atoms with Crippen LogP contribution in [0.2, 0.25) is 0 Å². The quantitative estimate of drug-likeness (QED) is 0.636. The highest BCUT2D eigenvalue weighted by Gasteiger charge is 2.36. The Morgan fingerprint density at radius 1 is 1.00 bits per heavy atom. The van der Waals surface area contributed by atoms with Crippen LogP contribution >= 0.6 is 0 Å². The van der Waals surface area contributed by atoms with Gasteiger partial charge in [0.05, 0.1) is 25.4 Å². The zero-order valence-electron chi connectivity index (χ0n) is 23.7. The zero-order valence-corrected chi connectivity index (χ0v) is 23.7. The summed E-state index contributed by atoms with van der Waals surface area (Å²) in [5, 5.41) is 13.1. The lowest BCUT2D eigenvalue weighted by atomic mass is 9.80. The molecule has 0 amide bonds. The molecule has 3 saturated heterocycles. The van der Waals surface area contributed by atoms with E-state index in [9.17, 15) is 5.26 Å². The summed E-state index contributed by atoms with van der Waals surface area (Å²) in [7, 11) is 3.83. The molecule has 0 saturated carbocycles. The van der Waals surface area contributed by atoms with Crippen LogP contribution in [-0.2, 0) is 19.4 Å². The molecule has 3 fully saturated rings. The van der Waals surface area contributed by atoms with Crippen LogP contribution < -0.4 is 19.9 Å². The number of aromatic nitrogens is 2. The number of fused-ring (bicyclic) bond motifs is 4. The van der Waals surface area contributed by atoms with Crippen LogP contribution in [0.15, 0.2) is 18.2 Å². The highest BCUT2D eigenvalue weighted by atomic mass is 16.5. The van der Waals surface area contributed by atoms with Crippen molar-refractivity contribution in [3.8, 4) is 12.1 Å². The van der Waals surface area contributed by atoms with E-state index < -0.39 is 0 Å². The van der Waals surface area contributed by atoms with Crippen molar-refractivity contribution in [1.82, 2.24) is 20.2 Å². The van der Waals surface area contributed by atoms with Crippen LogP contribution in [-0.4, -0.2) is 73.8 Å². The average Bonchev–Trinajstić information content (AvgIpc) is 3.59. The van der Waals surface area contributed by atoms with Gasteiger partial charge in [-0.05, 0) is 94.6 Å². The molecule has 2 aromatic rings. The van der Waals surface area contributed by atoms with Crippen molar-refractivity contribution in [2.45, 2.75) is 82.3 Å². The second kappa shape index (κ2) is 11.7. The van der Waals surface area contributed by atoms with Gasteiger partial charge < -0.3 is 24.8 Å². The number of hydrogen-bond donors (Lipinski definition) is 1. The van der Waals surface area contributed by atoms with Crippen molar-refractivity contribution < 1.29 is 4.74 Å². The maximum absolute atomic E-state index is 9.43. The lowest BCUT2D eigenvalue weighted by Crippen LogP contribution is -2.52. The van der Waals surface area contributed by atoms with E-state index in [-0.39, 0.29) is 0 Å². The first-order chi connectivity index (χ1) is 19.1. The zero-order chi connectivity index (χ0) is 26.8. The number of nitriles is 1. The number of hydrogen-bond acceptors (Lipinski definition) is 8. The minimum absolute atomic E-state index is 0.336. The summed E-state index contributed by atoms with van der Waals surface area (Å²) in [6.07, 6.45) is 10.2. The van der Waals surface area contributed by atoms with Gasteiger partial charge in [0.2, 0.25) is 0 Å². The van der Waals surface area contributed by atoms with Crippen LogP contribution in [0.4, 0.5) is 11.5 Å². The van der Waals surface area contributed by atoms with E-state index in [0.717, 1.165) is 57.0 Å². The van der Waals surface area contributed by atoms with Crippen LogP contribution in [0, 0.1) is 11.3 Å². The van der Waals surface area contributed by atoms with Crippen molar-refractivity contribution in [3.05, 3.63) is 40.6 Å². The van der Waals surface area contributed by atoms with E-state index in [1.807, 2.05) is 0 Å². The number of likely N-dealkylation sites (tertiary alicyclic amines) is 1. The monoisotopic (exact) mass is 529 g/mol. The van der Waals surface area contributed by atoms with Gasteiger partial charge in [-0.25, -0.2) is 0 Å². The summed E-state index contributed by atoms with van der Waals surface area (Å²) < 4.78 is 5.54. The molecule has 0 spiro atoms. The van der Waals surface area contributed by atoms with E-state index in [1.54, 1.807) is 7.11 Å². The SMILES string of the molecule is CN1CCCC1.COc1nc2c(c(N3CC4CCC(C3)N4)n1)CCN(c1cccc3c1C(CC#N)CCC3)C2. The fourth-order valence-corrected chi connectivity index (χ4v) is 7.35.